The van der Waals surface area contributed by atoms with E-state index in [-0.39, 0.29) is 6.61 Å². The molecule has 0 amide bonds. The van der Waals surface area contributed by atoms with Gasteiger partial charge in [-0.15, -0.1) is 11.3 Å². The van der Waals surface area contributed by atoms with Gasteiger partial charge in [-0.2, -0.15) is 0 Å². The van der Waals surface area contributed by atoms with Gasteiger partial charge in [0.25, 0.3) is 0 Å². The SMILES string of the molecule is CC1CC(OCc2ccc(C#CCCO)s2)CC(C)(C)C1. The average molecular weight is 306 g/mol. The Morgan fingerprint density at radius 2 is 2.19 bits per heavy atom. The molecule has 1 aliphatic rings. The molecule has 2 atom stereocenters. The lowest BCUT2D eigenvalue weighted by Gasteiger charge is -2.38. The highest BCUT2D eigenvalue weighted by molar-refractivity contribution is 7.12. The standard InChI is InChI=1S/C18H26O2S/c1-14-10-15(12-18(2,3)11-14)20-13-17-8-7-16(21-17)6-4-5-9-19/h7-8,14-15,19H,5,9-13H2,1-3H3. The zero-order chi connectivity index (χ0) is 15.3. The predicted octanol–water partition coefficient (Wildman–Crippen LogP) is 4.21. The van der Waals surface area contributed by atoms with Gasteiger partial charge in [0.05, 0.1) is 24.2 Å². The van der Waals surface area contributed by atoms with E-state index >= 15 is 0 Å². The monoisotopic (exact) mass is 306 g/mol. The van der Waals surface area contributed by atoms with Crippen LogP contribution in [0.15, 0.2) is 12.1 Å². The van der Waals surface area contributed by atoms with Crippen LogP contribution in [0.25, 0.3) is 0 Å². The van der Waals surface area contributed by atoms with Crippen molar-refractivity contribution in [2.45, 2.75) is 59.2 Å². The Morgan fingerprint density at radius 1 is 1.38 bits per heavy atom. The molecule has 1 aromatic heterocycles. The van der Waals surface area contributed by atoms with Crippen molar-refractivity contribution in [3.8, 4) is 11.8 Å². The largest absolute Gasteiger partial charge is 0.395 e. The summed E-state index contributed by atoms with van der Waals surface area (Å²) in [6, 6.07) is 4.15. The quantitative estimate of drug-likeness (QED) is 0.844. The van der Waals surface area contributed by atoms with Crippen molar-refractivity contribution in [3.05, 3.63) is 21.9 Å². The summed E-state index contributed by atoms with van der Waals surface area (Å²) in [4.78, 5) is 2.29. The maximum absolute atomic E-state index is 8.72. The maximum atomic E-state index is 8.72. The number of ether oxygens (including phenoxy) is 1. The lowest BCUT2D eigenvalue weighted by molar-refractivity contribution is -0.0306. The summed E-state index contributed by atoms with van der Waals surface area (Å²) in [5.41, 5.74) is 0.402. The molecule has 0 bridgehead atoms. The number of hydrogen-bond donors (Lipinski definition) is 1. The zero-order valence-electron chi connectivity index (χ0n) is 13.3. The lowest BCUT2D eigenvalue weighted by atomic mass is 9.71. The second kappa shape index (κ2) is 7.45. The highest BCUT2D eigenvalue weighted by atomic mass is 32.1. The van der Waals surface area contributed by atoms with Gasteiger partial charge in [-0.3, -0.25) is 0 Å². The van der Waals surface area contributed by atoms with Crippen molar-refractivity contribution in [2.24, 2.45) is 11.3 Å². The molecule has 1 fully saturated rings. The fourth-order valence-corrected chi connectivity index (χ4v) is 4.12. The first kappa shape index (κ1) is 16.5. The fraction of sp³-hybridized carbons (Fsp3) is 0.667. The number of aliphatic hydroxyl groups is 1. The summed E-state index contributed by atoms with van der Waals surface area (Å²) in [7, 11) is 0. The molecule has 2 unspecified atom stereocenters. The average Bonchev–Trinajstić information content (AvgIpc) is 2.82. The van der Waals surface area contributed by atoms with Crippen LogP contribution in [-0.4, -0.2) is 17.8 Å². The number of rotatable bonds is 4. The van der Waals surface area contributed by atoms with Crippen molar-refractivity contribution in [3.63, 3.8) is 0 Å². The van der Waals surface area contributed by atoms with Crippen LogP contribution < -0.4 is 0 Å². The molecule has 116 valence electrons. The van der Waals surface area contributed by atoms with Crippen LogP contribution >= 0.6 is 11.3 Å². The van der Waals surface area contributed by atoms with Crippen molar-refractivity contribution in [1.29, 1.82) is 0 Å². The molecule has 3 heteroatoms. The van der Waals surface area contributed by atoms with E-state index in [1.165, 1.54) is 17.7 Å². The van der Waals surface area contributed by atoms with E-state index in [2.05, 4.69) is 38.7 Å². The minimum atomic E-state index is 0.129. The fourth-order valence-electron chi connectivity index (χ4n) is 3.31. The molecule has 1 aliphatic carbocycles. The van der Waals surface area contributed by atoms with E-state index in [1.807, 2.05) is 6.07 Å². The van der Waals surface area contributed by atoms with Crippen LogP contribution in [-0.2, 0) is 11.3 Å². The summed E-state index contributed by atoms with van der Waals surface area (Å²) in [5.74, 6) is 6.79. The molecular formula is C18H26O2S. The van der Waals surface area contributed by atoms with Gasteiger partial charge in [0, 0.05) is 11.3 Å². The van der Waals surface area contributed by atoms with Gasteiger partial charge in [0.15, 0.2) is 0 Å². The van der Waals surface area contributed by atoms with E-state index in [0.29, 0.717) is 24.5 Å². The molecule has 1 N–H and O–H groups in total. The highest BCUT2D eigenvalue weighted by Gasteiger charge is 2.32. The van der Waals surface area contributed by atoms with Gasteiger partial charge in [0.1, 0.15) is 0 Å². The summed E-state index contributed by atoms with van der Waals surface area (Å²) in [6.45, 7) is 7.85. The van der Waals surface area contributed by atoms with E-state index in [0.717, 1.165) is 17.2 Å². The Kier molecular flexibility index (Phi) is 5.87. The predicted molar refractivity (Wildman–Crippen MR) is 88.3 cm³/mol. The molecule has 21 heavy (non-hydrogen) atoms. The van der Waals surface area contributed by atoms with Crippen LogP contribution in [0.3, 0.4) is 0 Å². The van der Waals surface area contributed by atoms with Crippen LogP contribution in [0.1, 0.15) is 56.2 Å². The molecular weight excluding hydrogens is 280 g/mol. The van der Waals surface area contributed by atoms with Crippen molar-refractivity contribution in [1.82, 2.24) is 0 Å². The second-order valence-electron chi connectivity index (χ2n) is 6.89. The van der Waals surface area contributed by atoms with Gasteiger partial charge in [-0.1, -0.05) is 32.6 Å². The summed E-state index contributed by atoms with van der Waals surface area (Å²) in [5, 5.41) is 8.72. The van der Waals surface area contributed by atoms with Crippen molar-refractivity contribution in [2.75, 3.05) is 6.61 Å². The summed E-state index contributed by atoms with van der Waals surface area (Å²) in [6.07, 6.45) is 4.56. The van der Waals surface area contributed by atoms with Crippen LogP contribution in [0.2, 0.25) is 0 Å². The van der Waals surface area contributed by atoms with Gasteiger partial charge in [-0.05, 0) is 42.7 Å². The zero-order valence-corrected chi connectivity index (χ0v) is 14.1. The van der Waals surface area contributed by atoms with Crippen molar-refractivity contribution >= 4 is 11.3 Å². The van der Waals surface area contributed by atoms with Crippen molar-refractivity contribution < 1.29 is 9.84 Å². The van der Waals surface area contributed by atoms with Gasteiger partial charge < -0.3 is 9.84 Å². The molecule has 0 aromatic carbocycles. The first-order chi connectivity index (χ1) is 9.98. The Labute approximate surface area is 132 Å². The van der Waals surface area contributed by atoms with E-state index in [1.54, 1.807) is 11.3 Å². The third kappa shape index (κ3) is 5.47. The molecule has 2 nitrogen and oxygen atoms in total. The molecule has 0 radical (unpaired) electrons. The number of thiophene rings is 1. The van der Waals surface area contributed by atoms with Gasteiger partial charge in [-0.25, -0.2) is 0 Å². The molecule has 0 aliphatic heterocycles. The maximum Gasteiger partial charge on any atom is 0.0813 e. The Hall–Kier alpha value is -0.820. The van der Waals surface area contributed by atoms with E-state index < -0.39 is 0 Å². The Balaban J connectivity index is 1.84. The summed E-state index contributed by atoms with van der Waals surface area (Å²) >= 11 is 1.69. The van der Waals surface area contributed by atoms with E-state index in [4.69, 9.17) is 9.84 Å². The summed E-state index contributed by atoms with van der Waals surface area (Å²) < 4.78 is 6.14. The minimum absolute atomic E-state index is 0.129. The Bertz CT molecular complexity index is 507. The third-order valence-electron chi connectivity index (χ3n) is 3.92. The van der Waals surface area contributed by atoms with E-state index in [9.17, 15) is 0 Å². The van der Waals surface area contributed by atoms with Crippen LogP contribution in [0.5, 0.6) is 0 Å². The normalized spacial score (nSPS) is 24.4. The molecule has 0 saturated heterocycles. The molecule has 1 saturated carbocycles. The highest BCUT2D eigenvalue weighted by Crippen LogP contribution is 2.40. The smallest absolute Gasteiger partial charge is 0.0813 e. The Morgan fingerprint density at radius 3 is 2.90 bits per heavy atom. The molecule has 0 spiro atoms. The van der Waals surface area contributed by atoms with Gasteiger partial charge >= 0.3 is 0 Å². The van der Waals surface area contributed by atoms with Crippen LogP contribution in [0, 0.1) is 23.2 Å². The third-order valence-corrected chi connectivity index (χ3v) is 4.89. The molecule has 1 heterocycles. The van der Waals surface area contributed by atoms with Gasteiger partial charge in [0.2, 0.25) is 0 Å². The first-order valence-electron chi connectivity index (χ1n) is 7.78. The number of aliphatic hydroxyl groups excluding tert-OH is 1. The van der Waals surface area contributed by atoms with Crippen LogP contribution in [0.4, 0.5) is 0 Å². The first-order valence-corrected chi connectivity index (χ1v) is 8.60. The lowest BCUT2D eigenvalue weighted by Crippen LogP contribution is -2.32. The topological polar surface area (TPSA) is 29.5 Å². The molecule has 2 rings (SSSR count). The second-order valence-corrected chi connectivity index (χ2v) is 8.06. The minimum Gasteiger partial charge on any atom is -0.395 e. The molecule has 1 aromatic rings. The number of hydrogen-bond acceptors (Lipinski definition) is 3.